The predicted octanol–water partition coefficient (Wildman–Crippen LogP) is 1.55. The summed E-state index contributed by atoms with van der Waals surface area (Å²) in [5.74, 6) is 0.351. The molecule has 0 heterocycles. The third kappa shape index (κ3) is 1.47. The molecule has 0 aliphatic carbocycles. The van der Waals surface area contributed by atoms with Crippen LogP contribution in [0.15, 0.2) is 23.4 Å². The number of hydrogen-bond donors (Lipinski definition) is 0. The Labute approximate surface area is 69.1 Å². The van der Waals surface area contributed by atoms with E-state index in [9.17, 15) is 9.70 Å². The van der Waals surface area contributed by atoms with Crippen LogP contribution in [-0.4, -0.2) is 13.4 Å². The second-order valence-electron chi connectivity index (χ2n) is 2.08. The molecule has 1 radical (unpaired) electrons. The lowest BCUT2D eigenvalue weighted by Crippen LogP contribution is -1.85. The first-order valence-corrected chi connectivity index (χ1v) is 3.21. The standard InChI is InChI=1S/C8H6NO3/c1-12-8-3-2-6(5-10)4-7(8)9-11/h2-4H,1H3. The van der Waals surface area contributed by atoms with Crippen LogP contribution in [0.5, 0.6) is 5.75 Å². The van der Waals surface area contributed by atoms with E-state index < -0.39 is 0 Å². The molecule has 0 bridgehead atoms. The number of nitroso groups, excluding NO2 is 1. The van der Waals surface area contributed by atoms with E-state index in [-0.39, 0.29) is 11.3 Å². The summed E-state index contributed by atoms with van der Waals surface area (Å²) in [6.45, 7) is 0. The second-order valence-corrected chi connectivity index (χ2v) is 2.08. The van der Waals surface area contributed by atoms with Crippen molar-refractivity contribution in [3.8, 4) is 5.75 Å². The number of rotatable bonds is 3. The minimum atomic E-state index is 0.110. The molecule has 0 saturated heterocycles. The molecule has 0 N–H and O–H groups in total. The van der Waals surface area contributed by atoms with Crippen molar-refractivity contribution in [2.45, 2.75) is 0 Å². The molecular formula is C8H6NO3. The fourth-order valence-electron chi connectivity index (χ4n) is 0.825. The van der Waals surface area contributed by atoms with Gasteiger partial charge in [-0.3, -0.25) is 4.79 Å². The fourth-order valence-corrected chi connectivity index (χ4v) is 0.825. The van der Waals surface area contributed by atoms with Crippen molar-refractivity contribution in [2.75, 3.05) is 7.11 Å². The Hall–Kier alpha value is -1.71. The molecule has 0 aromatic heterocycles. The van der Waals surface area contributed by atoms with Crippen LogP contribution in [0.1, 0.15) is 5.56 Å². The summed E-state index contributed by atoms with van der Waals surface area (Å²) in [4.78, 5) is 20.4. The molecule has 0 aliphatic rings. The smallest absolute Gasteiger partial charge is 0.233 e. The molecule has 0 saturated carbocycles. The van der Waals surface area contributed by atoms with Crippen molar-refractivity contribution in [3.63, 3.8) is 0 Å². The minimum Gasteiger partial charge on any atom is -0.494 e. The van der Waals surface area contributed by atoms with Gasteiger partial charge < -0.3 is 4.74 Å². The zero-order valence-corrected chi connectivity index (χ0v) is 6.40. The summed E-state index contributed by atoms with van der Waals surface area (Å²) < 4.78 is 4.81. The van der Waals surface area contributed by atoms with E-state index in [2.05, 4.69) is 5.18 Å². The lowest BCUT2D eigenvalue weighted by Gasteiger charge is -2.00. The molecule has 0 atom stereocenters. The molecule has 61 valence electrons. The Balaban J connectivity index is 3.18. The number of benzene rings is 1. The summed E-state index contributed by atoms with van der Waals surface area (Å²) in [6.07, 6.45) is 1.65. The van der Waals surface area contributed by atoms with Crippen LogP contribution in [0.3, 0.4) is 0 Å². The lowest BCUT2D eigenvalue weighted by molar-refractivity contribution is 0.416. The Morgan fingerprint density at radius 3 is 2.75 bits per heavy atom. The van der Waals surface area contributed by atoms with Crippen molar-refractivity contribution < 1.29 is 9.53 Å². The van der Waals surface area contributed by atoms with Gasteiger partial charge in [0, 0.05) is 5.56 Å². The highest BCUT2D eigenvalue weighted by molar-refractivity contribution is 5.78. The van der Waals surface area contributed by atoms with Crippen molar-refractivity contribution >= 4 is 12.0 Å². The zero-order chi connectivity index (χ0) is 8.97. The van der Waals surface area contributed by atoms with E-state index in [0.29, 0.717) is 5.75 Å². The van der Waals surface area contributed by atoms with E-state index in [1.807, 2.05) is 0 Å². The summed E-state index contributed by atoms with van der Waals surface area (Å²) in [7, 11) is 1.42. The van der Waals surface area contributed by atoms with E-state index >= 15 is 0 Å². The first-order valence-electron chi connectivity index (χ1n) is 3.21. The molecule has 4 heteroatoms. The molecule has 0 amide bonds. The van der Waals surface area contributed by atoms with E-state index in [1.165, 1.54) is 25.3 Å². The normalized spacial score (nSPS) is 9.08. The number of methoxy groups -OCH3 is 1. The molecule has 0 aliphatic heterocycles. The minimum absolute atomic E-state index is 0.110. The fraction of sp³-hybridized carbons (Fsp3) is 0.125. The quantitative estimate of drug-likeness (QED) is 0.637. The Bertz CT molecular complexity index is 309. The van der Waals surface area contributed by atoms with Gasteiger partial charge in [0.05, 0.1) is 7.11 Å². The second kappa shape index (κ2) is 3.61. The van der Waals surface area contributed by atoms with Gasteiger partial charge >= 0.3 is 0 Å². The number of nitrogens with zero attached hydrogens (tertiary/aromatic N) is 1. The monoisotopic (exact) mass is 164 g/mol. The Morgan fingerprint density at radius 2 is 2.25 bits per heavy atom. The maximum Gasteiger partial charge on any atom is 0.233 e. The number of hydrogen-bond acceptors (Lipinski definition) is 4. The summed E-state index contributed by atoms with van der Waals surface area (Å²) in [5, 5.41) is 2.70. The van der Waals surface area contributed by atoms with Crippen LogP contribution in [-0.2, 0) is 4.79 Å². The molecule has 1 rings (SSSR count). The summed E-state index contributed by atoms with van der Waals surface area (Å²) in [5.41, 5.74) is 0.392. The molecule has 0 fully saturated rings. The number of ether oxygens (including phenoxy) is 1. The molecule has 1 aromatic carbocycles. The average Bonchev–Trinajstić information content (AvgIpc) is 2.16. The van der Waals surface area contributed by atoms with Crippen LogP contribution in [0, 0.1) is 4.91 Å². The van der Waals surface area contributed by atoms with Crippen LogP contribution in [0.2, 0.25) is 0 Å². The van der Waals surface area contributed by atoms with Gasteiger partial charge in [-0.05, 0) is 23.4 Å². The molecular weight excluding hydrogens is 158 g/mol. The van der Waals surface area contributed by atoms with E-state index in [1.54, 1.807) is 6.29 Å². The first-order chi connectivity index (χ1) is 5.81. The van der Waals surface area contributed by atoms with Crippen molar-refractivity contribution in [2.24, 2.45) is 5.18 Å². The van der Waals surface area contributed by atoms with E-state index in [4.69, 9.17) is 4.74 Å². The van der Waals surface area contributed by atoms with Gasteiger partial charge in [0.25, 0.3) is 0 Å². The largest absolute Gasteiger partial charge is 0.494 e. The van der Waals surface area contributed by atoms with Gasteiger partial charge in [-0.25, -0.2) is 0 Å². The van der Waals surface area contributed by atoms with E-state index in [0.717, 1.165) is 0 Å². The maximum absolute atomic E-state index is 10.2. The highest BCUT2D eigenvalue weighted by atomic mass is 16.5. The van der Waals surface area contributed by atoms with Crippen LogP contribution in [0.4, 0.5) is 5.69 Å². The Kier molecular flexibility index (Phi) is 2.53. The summed E-state index contributed by atoms with van der Waals surface area (Å²) in [6, 6.07) is 4.32. The first kappa shape index (κ1) is 8.39. The average molecular weight is 164 g/mol. The topological polar surface area (TPSA) is 55.7 Å². The highest BCUT2D eigenvalue weighted by Gasteiger charge is 2.03. The van der Waals surface area contributed by atoms with Crippen LogP contribution >= 0.6 is 0 Å². The Morgan fingerprint density at radius 1 is 1.50 bits per heavy atom. The predicted molar refractivity (Wildman–Crippen MR) is 43.2 cm³/mol. The molecule has 0 spiro atoms. The third-order valence-corrected chi connectivity index (χ3v) is 1.40. The third-order valence-electron chi connectivity index (χ3n) is 1.40. The molecule has 1 aromatic rings. The molecule has 4 nitrogen and oxygen atoms in total. The van der Waals surface area contributed by atoms with Gasteiger partial charge in [-0.2, -0.15) is 0 Å². The molecule has 12 heavy (non-hydrogen) atoms. The molecule has 0 unspecified atom stereocenters. The van der Waals surface area contributed by atoms with Gasteiger partial charge in [0.1, 0.15) is 5.75 Å². The lowest BCUT2D eigenvalue weighted by atomic mass is 10.2. The highest BCUT2D eigenvalue weighted by Crippen LogP contribution is 2.27. The van der Waals surface area contributed by atoms with Gasteiger partial charge in [0.15, 0.2) is 5.69 Å². The van der Waals surface area contributed by atoms with Crippen molar-refractivity contribution in [3.05, 3.63) is 28.7 Å². The van der Waals surface area contributed by atoms with Gasteiger partial charge in [-0.1, -0.05) is 0 Å². The van der Waals surface area contributed by atoms with Crippen LogP contribution in [0.25, 0.3) is 0 Å². The maximum atomic E-state index is 10.2. The van der Waals surface area contributed by atoms with Crippen LogP contribution < -0.4 is 4.74 Å². The summed E-state index contributed by atoms with van der Waals surface area (Å²) >= 11 is 0. The van der Waals surface area contributed by atoms with Crippen molar-refractivity contribution in [1.29, 1.82) is 0 Å². The van der Waals surface area contributed by atoms with Gasteiger partial charge in [0.2, 0.25) is 6.29 Å². The zero-order valence-electron chi connectivity index (χ0n) is 6.40. The number of carbonyl (C=O) groups excluding carboxylic acids is 1. The van der Waals surface area contributed by atoms with Crippen molar-refractivity contribution in [1.82, 2.24) is 0 Å². The SMILES string of the molecule is COc1ccc([C]=O)cc1N=O. The van der Waals surface area contributed by atoms with Gasteiger partial charge in [-0.15, -0.1) is 4.91 Å².